The first kappa shape index (κ1) is 28.7. The molecule has 6 rings (SSSR count). The van der Waals surface area contributed by atoms with Gasteiger partial charge in [0.25, 0.3) is 0 Å². The Kier molecular flexibility index (Phi) is 6.97. The Morgan fingerprint density at radius 3 is 2.50 bits per heavy atom. The molecule has 1 atom stereocenters. The van der Waals surface area contributed by atoms with Gasteiger partial charge in [-0.3, -0.25) is 4.98 Å². The molecule has 2 N–H and O–H groups in total. The van der Waals surface area contributed by atoms with Gasteiger partial charge in [0.15, 0.2) is 0 Å². The van der Waals surface area contributed by atoms with E-state index in [1.807, 2.05) is 12.3 Å². The minimum atomic E-state index is -0.626. The van der Waals surface area contributed by atoms with Crippen molar-refractivity contribution in [3.8, 4) is 12.1 Å². The summed E-state index contributed by atoms with van der Waals surface area (Å²) in [4.78, 5) is 8.49. The number of halogens is 1. The summed E-state index contributed by atoms with van der Waals surface area (Å²) in [7, 11) is 0. The summed E-state index contributed by atoms with van der Waals surface area (Å²) in [5.74, 6) is 0.341. The molecule has 1 fully saturated rings. The molecular formula is C31H30FN11O. The fourth-order valence-corrected chi connectivity index (χ4v) is 5.19. The Bertz CT molecular complexity index is 1970. The van der Waals surface area contributed by atoms with E-state index in [0.29, 0.717) is 68.7 Å². The summed E-state index contributed by atoms with van der Waals surface area (Å²) in [6.45, 7) is 10.3. The number of nitrogens with zero attached hydrogens (tertiary/aromatic N) is 9. The summed E-state index contributed by atoms with van der Waals surface area (Å²) in [5, 5.41) is 44.6. The van der Waals surface area contributed by atoms with Gasteiger partial charge < -0.3 is 15.1 Å². The van der Waals surface area contributed by atoms with E-state index >= 15 is 0 Å². The average molecular weight is 592 g/mol. The van der Waals surface area contributed by atoms with Crippen molar-refractivity contribution in [1.82, 2.24) is 35.2 Å². The van der Waals surface area contributed by atoms with Crippen molar-refractivity contribution >= 4 is 22.3 Å². The van der Waals surface area contributed by atoms with E-state index in [0.717, 1.165) is 12.8 Å². The van der Waals surface area contributed by atoms with E-state index in [9.17, 15) is 14.9 Å². The molecular weight excluding hydrogens is 561 g/mol. The third-order valence-electron chi connectivity index (χ3n) is 7.62. The maximum absolute atomic E-state index is 14.1. The first-order valence-corrected chi connectivity index (χ1v) is 14.1. The first-order valence-electron chi connectivity index (χ1n) is 14.1. The SMILES string of the molecule is Cc1nnc(C2(n3cc(C(Nc4cc(C#N)c5ncc(C#N)c(NCC(C)(C)C)c5c4)c4ccc(F)nc4C)nn3)CC2)o1. The van der Waals surface area contributed by atoms with Crippen LogP contribution in [0.3, 0.4) is 0 Å². The van der Waals surface area contributed by atoms with Crippen LogP contribution in [0.5, 0.6) is 0 Å². The van der Waals surface area contributed by atoms with E-state index in [2.05, 4.69) is 74.0 Å². The molecule has 0 radical (unpaired) electrons. The van der Waals surface area contributed by atoms with Crippen molar-refractivity contribution in [2.24, 2.45) is 5.41 Å². The number of aryl methyl sites for hydroxylation is 2. The van der Waals surface area contributed by atoms with Crippen molar-refractivity contribution in [3.05, 3.63) is 82.5 Å². The number of pyridine rings is 2. The van der Waals surface area contributed by atoms with Crippen LogP contribution in [0.4, 0.5) is 15.8 Å². The number of hydrogen-bond donors (Lipinski definition) is 2. The van der Waals surface area contributed by atoms with Crippen LogP contribution < -0.4 is 10.6 Å². The van der Waals surface area contributed by atoms with E-state index in [1.54, 1.807) is 30.7 Å². The number of rotatable bonds is 8. The van der Waals surface area contributed by atoms with Gasteiger partial charge in [-0.15, -0.1) is 15.3 Å². The highest BCUT2D eigenvalue weighted by Gasteiger charge is 2.52. The number of benzene rings is 1. The zero-order chi connectivity index (χ0) is 31.2. The summed E-state index contributed by atoms with van der Waals surface area (Å²) < 4.78 is 21.6. The van der Waals surface area contributed by atoms with E-state index < -0.39 is 17.5 Å². The van der Waals surface area contributed by atoms with Crippen LogP contribution in [0.25, 0.3) is 10.9 Å². The largest absolute Gasteiger partial charge is 0.423 e. The minimum Gasteiger partial charge on any atom is -0.423 e. The molecule has 4 aromatic heterocycles. The Hall–Kier alpha value is -5.43. The Balaban J connectivity index is 1.46. The van der Waals surface area contributed by atoms with Crippen molar-refractivity contribution in [2.75, 3.05) is 17.2 Å². The number of fused-ring (bicyclic) bond motifs is 1. The molecule has 1 unspecified atom stereocenters. The van der Waals surface area contributed by atoms with Gasteiger partial charge in [-0.25, -0.2) is 9.67 Å². The molecule has 1 aliphatic carbocycles. The lowest BCUT2D eigenvalue weighted by Gasteiger charge is -2.23. The molecule has 0 spiro atoms. The first-order chi connectivity index (χ1) is 21.0. The predicted octanol–water partition coefficient (Wildman–Crippen LogP) is 5.30. The zero-order valence-corrected chi connectivity index (χ0v) is 25.0. The molecule has 0 amide bonds. The molecule has 13 heteroatoms. The van der Waals surface area contributed by atoms with Gasteiger partial charge >= 0.3 is 0 Å². The van der Waals surface area contributed by atoms with Gasteiger partial charge in [-0.05, 0) is 43.4 Å². The fourth-order valence-electron chi connectivity index (χ4n) is 5.19. The van der Waals surface area contributed by atoms with Gasteiger partial charge in [0, 0.05) is 42.0 Å². The van der Waals surface area contributed by atoms with Gasteiger partial charge in [-0.2, -0.15) is 14.9 Å². The lowest BCUT2D eigenvalue weighted by Crippen LogP contribution is -2.20. The Morgan fingerprint density at radius 1 is 1.09 bits per heavy atom. The number of aromatic nitrogens is 7. The molecule has 1 aliphatic rings. The second kappa shape index (κ2) is 10.7. The predicted molar refractivity (Wildman–Crippen MR) is 159 cm³/mol. The monoisotopic (exact) mass is 591 g/mol. The third kappa shape index (κ3) is 5.28. The Morgan fingerprint density at radius 2 is 1.86 bits per heavy atom. The maximum Gasteiger partial charge on any atom is 0.244 e. The third-order valence-corrected chi connectivity index (χ3v) is 7.62. The normalized spacial score (nSPS) is 14.5. The van der Waals surface area contributed by atoms with E-state index in [-0.39, 0.29) is 5.41 Å². The highest BCUT2D eigenvalue weighted by molar-refractivity contribution is 5.99. The molecule has 44 heavy (non-hydrogen) atoms. The summed E-state index contributed by atoms with van der Waals surface area (Å²) >= 11 is 0. The zero-order valence-electron chi connectivity index (χ0n) is 25.0. The number of nitrogens with one attached hydrogen (secondary N) is 2. The summed E-state index contributed by atoms with van der Waals surface area (Å²) in [6, 6.07) is 10.3. The van der Waals surface area contributed by atoms with Crippen molar-refractivity contribution in [3.63, 3.8) is 0 Å². The second-order valence-corrected chi connectivity index (χ2v) is 12.2. The number of nitriles is 2. The lowest BCUT2D eigenvalue weighted by atomic mass is 9.96. The lowest BCUT2D eigenvalue weighted by molar-refractivity contribution is 0.359. The van der Waals surface area contributed by atoms with Gasteiger partial charge in [0.05, 0.1) is 34.6 Å². The minimum absolute atomic E-state index is 0.0703. The molecule has 0 bridgehead atoms. The molecule has 0 saturated heterocycles. The molecule has 0 aliphatic heterocycles. The standard InChI is InChI=1S/C31H30FN11O/c1-17-22(6-7-25(32)37-17)28(24-15-43(42-40-24)31(8-9-31)29-41-39-18(2)44-29)38-21-10-19(12-33)26-23(11-21)27(20(13-34)14-35-26)36-16-30(3,4)5/h6-7,10-11,14-15,28,38H,8-9,16H2,1-5H3,(H,35,36). The van der Waals surface area contributed by atoms with E-state index in [4.69, 9.17) is 4.42 Å². The quantitative estimate of drug-likeness (QED) is 0.225. The van der Waals surface area contributed by atoms with Crippen LogP contribution in [0.2, 0.25) is 0 Å². The van der Waals surface area contributed by atoms with Crippen LogP contribution in [0.15, 0.2) is 41.1 Å². The smallest absolute Gasteiger partial charge is 0.244 e. The van der Waals surface area contributed by atoms with Crippen LogP contribution in [0, 0.1) is 47.9 Å². The molecule has 12 nitrogen and oxygen atoms in total. The van der Waals surface area contributed by atoms with Gasteiger partial charge in [0.2, 0.25) is 17.7 Å². The van der Waals surface area contributed by atoms with Crippen molar-refractivity contribution in [2.45, 2.75) is 59.0 Å². The second-order valence-electron chi connectivity index (χ2n) is 12.2. The van der Waals surface area contributed by atoms with Crippen LogP contribution >= 0.6 is 0 Å². The highest BCUT2D eigenvalue weighted by atomic mass is 19.1. The van der Waals surface area contributed by atoms with Crippen LogP contribution in [-0.4, -0.2) is 41.7 Å². The number of hydrogen-bond acceptors (Lipinski definition) is 11. The van der Waals surface area contributed by atoms with E-state index in [1.165, 1.54) is 12.3 Å². The molecule has 1 aromatic carbocycles. The maximum atomic E-state index is 14.1. The molecule has 5 aromatic rings. The average Bonchev–Trinajstić information content (AvgIpc) is 3.41. The Labute approximate surface area is 253 Å². The summed E-state index contributed by atoms with van der Waals surface area (Å²) in [6.07, 6.45) is 4.82. The molecule has 1 saturated carbocycles. The molecule has 4 heterocycles. The van der Waals surface area contributed by atoms with Crippen molar-refractivity contribution < 1.29 is 8.81 Å². The summed E-state index contributed by atoms with van der Waals surface area (Å²) in [5.41, 5.74) is 3.37. The van der Waals surface area contributed by atoms with Gasteiger partial charge in [0.1, 0.15) is 23.4 Å². The highest BCUT2D eigenvalue weighted by Crippen LogP contribution is 2.48. The van der Waals surface area contributed by atoms with Crippen LogP contribution in [0.1, 0.15) is 79.5 Å². The topological polar surface area (TPSA) is 167 Å². The number of anilines is 2. The molecule has 222 valence electrons. The van der Waals surface area contributed by atoms with Crippen molar-refractivity contribution in [1.29, 1.82) is 10.5 Å². The fraction of sp³-hybridized carbons (Fsp3) is 0.355. The van der Waals surface area contributed by atoms with Gasteiger partial charge in [-0.1, -0.05) is 32.1 Å². The van der Waals surface area contributed by atoms with Crippen LogP contribution in [-0.2, 0) is 5.54 Å².